The van der Waals surface area contributed by atoms with Crippen LogP contribution in [-0.2, 0) is 11.0 Å². The van der Waals surface area contributed by atoms with Crippen molar-refractivity contribution >= 4 is 17.3 Å². The number of carbonyl (C=O) groups excluding carboxylic acids is 1. The molecular weight excluding hydrogens is 285 g/mol. The highest BCUT2D eigenvalue weighted by Gasteiger charge is 2.31. The Morgan fingerprint density at radius 2 is 2.00 bits per heavy atom. The molecule has 0 bridgehead atoms. The van der Waals surface area contributed by atoms with Crippen molar-refractivity contribution in [2.45, 2.75) is 39.0 Å². The highest BCUT2D eigenvalue weighted by molar-refractivity contribution is 5.92. The summed E-state index contributed by atoms with van der Waals surface area (Å²) in [7, 11) is 0. The number of amides is 1. The Labute approximate surface area is 121 Å². The summed E-state index contributed by atoms with van der Waals surface area (Å²) in [4.78, 5) is 11.1. The Morgan fingerprint density at radius 1 is 1.33 bits per heavy atom. The van der Waals surface area contributed by atoms with Crippen LogP contribution >= 0.6 is 0 Å². The largest absolute Gasteiger partial charge is 0.416 e. The summed E-state index contributed by atoms with van der Waals surface area (Å²) < 4.78 is 38.1. The molecule has 7 heteroatoms. The van der Waals surface area contributed by atoms with E-state index in [1.807, 2.05) is 6.92 Å². The molecule has 118 valence electrons. The molecule has 0 saturated heterocycles. The molecule has 1 amide bonds. The minimum atomic E-state index is -4.45. The molecule has 3 N–H and O–H groups in total. The van der Waals surface area contributed by atoms with Gasteiger partial charge in [-0.3, -0.25) is 4.79 Å². The smallest absolute Gasteiger partial charge is 0.393 e. The lowest BCUT2D eigenvalue weighted by atomic mass is 10.1. The number of alkyl halides is 3. The molecule has 0 radical (unpaired) electrons. The quantitative estimate of drug-likeness (QED) is 0.756. The van der Waals surface area contributed by atoms with E-state index >= 15 is 0 Å². The third kappa shape index (κ3) is 5.63. The van der Waals surface area contributed by atoms with E-state index in [9.17, 15) is 23.1 Å². The third-order valence-corrected chi connectivity index (χ3v) is 2.92. The van der Waals surface area contributed by atoms with Crippen LogP contribution in [0.5, 0.6) is 0 Å². The predicted octanol–water partition coefficient (Wildman–Crippen LogP) is 3.24. The van der Waals surface area contributed by atoms with Gasteiger partial charge in [-0.25, -0.2) is 0 Å². The van der Waals surface area contributed by atoms with E-state index in [0.29, 0.717) is 19.4 Å². The Bertz CT molecular complexity index is 490. The van der Waals surface area contributed by atoms with Gasteiger partial charge in [-0.1, -0.05) is 6.92 Å². The van der Waals surface area contributed by atoms with Crippen LogP contribution in [0.4, 0.5) is 24.5 Å². The average molecular weight is 304 g/mol. The minimum Gasteiger partial charge on any atom is -0.393 e. The maximum absolute atomic E-state index is 12.7. The molecule has 21 heavy (non-hydrogen) atoms. The standard InChI is InChI=1S/C14H19F3N2O2/c1-3-11(21)6-7-18-13-8-10(14(15,16)17)4-5-12(13)19-9(2)20/h4-5,8,11,18,21H,3,6-7H2,1-2H3,(H,19,20). The SMILES string of the molecule is CCC(O)CCNc1cc(C(F)(F)F)ccc1NC(C)=O. The zero-order valence-electron chi connectivity index (χ0n) is 11.9. The van der Waals surface area contributed by atoms with Crippen LogP contribution < -0.4 is 10.6 Å². The summed E-state index contributed by atoms with van der Waals surface area (Å²) in [6.45, 7) is 3.41. The summed E-state index contributed by atoms with van der Waals surface area (Å²) in [6, 6.07) is 3.07. The number of benzene rings is 1. The lowest BCUT2D eigenvalue weighted by Crippen LogP contribution is -2.15. The molecule has 0 aliphatic carbocycles. The van der Waals surface area contributed by atoms with E-state index < -0.39 is 17.8 Å². The van der Waals surface area contributed by atoms with Gasteiger partial charge in [0.25, 0.3) is 0 Å². The van der Waals surface area contributed by atoms with Gasteiger partial charge in [0.05, 0.1) is 23.0 Å². The molecule has 1 aromatic rings. The van der Waals surface area contributed by atoms with Gasteiger partial charge in [0.1, 0.15) is 0 Å². The molecule has 4 nitrogen and oxygen atoms in total. The van der Waals surface area contributed by atoms with Crippen LogP contribution in [0, 0.1) is 0 Å². The van der Waals surface area contributed by atoms with Gasteiger partial charge < -0.3 is 15.7 Å². The summed E-state index contributed by atoms with van der Waals surface area (Å²) in [6.07, 6.45) is -3.98. The van der Waals surface area contributed by atoms with Crippen molar-refractivity contribution in [3.05, 3.63) is 23.8 Å². The molecule has 0 aliphatic rings. The number of aliphatic hydroxyl groups is 1. The van der Waals surface area contributed by atoms with E-state index in [1.54, 1.807) is 0 Å². The van der Waals surface area contributed by atoms with Crippen LogP contribution in [-0.4, -0.2) is 23.7 Å². The molecule has 1 rings (SSSR count). The van der Waals surface area contributed by atoms with Gasteiger partial charge >= 0.3 is 6.18 Å². The van der Waals surface area contributed by atoms with Crippen LogP contribution in [0.25, 0.3) is 0 Å². The Balaban J connectivity index is 2.91. The van der Waals surface area contributed by atoms with Crippen LogP contribution in [0.1, 0.15) is 32.3 Å². The van der Waals surface area contributed by atoms with Gasteiger partial charge in [-0.2, -0.15) is 13.2 Å². The van der Waals surface area contributed by atoms with Crippen LogP contribution in [0.15, 0.2) is 18.2 Å². The minimum absolute atomic E-state index is 0.184. The first-order chi connectivity index (χ1) is 9.74. The van der Waals surface area contributed by atoms with Crippen molar-refractivity contribution in [3.8, 4) is 0 Å². The fourth-order valence-corrected chi connectivity index (χ4v) is 1.74. The number of hydrogen-bond acceptors (Lipinski definition) is 3. The van der Waals surface area contributed by atoms with Gasteiger partial charge in [0.15, 0.2) is 0 Å². The Kier molecular flexibility index (Phi) is 6.02. The van der Waals surface area contributed by atoms with Crippen LogP contribution in [0.2, 0.25) is 0 Å². The number of halogens is 3. The maximum atomic E-state index is 12.7. The topological polar surface area (TPSA) is 61.4 Å². The first-order valence-electron chi connectivity index (χ1n) is 6.64. The number of aliphatic hydroxyl groups excluding tert-OH is 1. The Hall–Kier alpha value is -1.76. The van der Waals surface area contributed by atoms with Crippen molar-refractivity contribution in [3.63, 3.8) is 0 Å². The number of carbonyl (C=O) groups is 1. The molecular formula is C14H19F3N2O2. The van der Waals surface area contributed by atoms with E-state index in [1.165, 1.54) is 13.0 Å². The maximum Gasteiger partial charge on any atom is 0.416 e. The molecule has 0 aliphatic heterocycles. The molecule has 0 aromatic heterocycles. The zero-order chi connectivity index (χ0) is 16.0. The fourth-order valence-electron chi connectivity index (χ4n) is 1.74. The van der Waals surface area contributed by atoms with Gasteiger partial charge in [0.2, 0.25) is 5.91 Å². The zero-order valence-corrected chi connectivity index (χ0v) is 11.9. The van der Waals surface area contributed by atoms with Gasteiger partial charge in [-0.15, -0.1) is 0 Å². The summed E-state index contributed by atoms with van der Waals surface area (Å²) in [5.41, 5.74) is -0.333. The van der Waals surface area contributed by atoms with E-state index in [4.69, 9.17) is 0 Å². The van der Waals surface area contributed by atoms with Crippen molar-refractivity contribution in [1.29, 1.82) is 0 Å². The highest BCUT2D eigenvalue weighted by Crippen LogP contribution is 2.34. The lowest BCUT2D eigenvalue weighted by Gasteiger charge is -2.16. The summed E-state index contributed by atoms with van der Waals surface area (Å²) in [5, 5.41) is 14.7. The lowest BCUT2D eigenvalue weighted by molar-refractivity contribution is -0.137. The van der Waals surface area contributed by atoms with Crippen molar-refractivity contribution in [2.75, 3.05) is 17.2 Å². The summed E-state index contributed by atoms with van der Waals surface area (Å²) in [5.74, 6) is -0.369. The summed E-state index contributed by atoms with van der Waals surface area (Å²) >= 11 is 0. The first kappa shape index (κ1) is 17.3. The molecule has 1 unspecified atom stereocenters. The molecule has 0 saturated carbocycles. The van der Waals surface area contributed by atoms with Crippen molar-refractivity contribution in [1.82, 2.24) is 0 Å². The number of nitrogens with one attached hydrogen (secondary N) is 2. The number of anilines is 2. The predicted molar refractivity (Wildman–Crippen MR) is 75.2 cm³/mol. The third-order valence-electron chi connectivity index (χ3n) is 2.92. The van der Waals surface area contributed by atoms with Crippen LogP contribution in [0.3, 0.4) is 0 Å². The second kappa shape index (κ2) is 7.31. The second-order valence-corrected chi connectivity index (χ2v) is 4.72. The highest BCUT2D eigenvalue weighted by atomic mass is 19.4. The van der Waals surface area contributed by atoms with E-state index in [2.05, 4.69) is 10.6 Å². The van der Waals surface area contributed by atoms with Gasteiger partial charge in [-0.05, 0) is 31.0 Å². The average Bonchev–Trinajstić information content (AvgIpc) is 2.38. The number of hydrogen-bond donors (Lipinski definition) is 3. The van der Waals surface area contributed by atoms with E-state index in [-0.39, 0.29) is 17.3 Å². The first-order valence-corrected chi connectivity index (χ1v) is 6.64. The van der Waals surface area contributed by atoms with Crippen molar-refractivity contribution < 1.29 is 23.1 Å². The number of rotatable bonds is 6. The molecule has 1 aromatic carbocycles. The Morgan fingerprint density at radius 3 is 2.52 bits per heavy atom. The second-order valence-electron chi connectivity index (χ2n) is 4.72. The molecule has 0 heterocycles. The van der Waals surface area contributed by atoms with Crippen molar-refractivity contribution in [2.24, 2.45) is 0 Å². The van der Waals surface area contributed by atoms with Gasteiger partial charge in [0, 0.05) is 13.5 Å². The normalized spacial score (nSPS) is 12.9. The molecule has 0 spiro atoms. The monoisotopic (exact) mass is 304 g/mol. The molecule has 1 atom stereocenters. The fraction of sp³-hybridized carbons (Fsp3) is 0.500. The molecule has 0 fully saturated rings. The van der Waals surface area contributed by atoms with E-state index in [0.717, 1.165) is 12.1 Å².